The van der Waals surface area contributed by atoms with Gasteiger partial charge in [-0.3, -0.25) is 4.79 Å². The lowest BCUT2D eigenvalue weighted by molar-refractivity contribution is 0.102. The molecule has 4 heteroatoms. The molecule has 3 rings (SSSR count). The van der Waals surface area contributed by atoms with Crippen LogP contribution < -0.4 is 5.32 Å². The zero-order chi connectivity index (χ0) is 16.2. The number of nitrogens with zero attached hydrogens (tertiary/aromatic N) is 1. The van der Waals surface area contributed by atoms with E-state index in [1.54, 1.807) is 12.3 Å². The van der Waals surface area contributed by atoms with Crippen molar-refractivity contribution in [1.82, 2.24) is 4.98 Å². The summed E-state index contributed by atoms with van der Waals surface area (Å²) in [4.78, 5) is 17.4. The molecule has 0 saturated heterocycles. The van der Waals surface area contributed by atoms with Crippen LogP contribution in [-0.4, -0.2) is 10.9 Å². The fraction of sp³-hybridized carbons (Fsp3) is 0.0526. The van der Waals surface area contributed by atoms with E-state index in [-0.39, 0.29) is 5.91 Å². The first kappa shape index (κ1) is 15.2. The van der Waals surface area contributed by atoms with Gasteiger partial charge in [0.1, 0.15) is 0 Å². The summed E-state index contributed by atoms with van der Waals surface area (Å²) in [6.07, 6.45) is 3.34. The predicted octanol–water partition coefficient (Wildman–Crippen LogP) is 5.01. The van der Waals surface area contributed by atoms with E-state index in [4.69, 9.17) is 0 Å². The van der Waals surface area contributed by atoms with Crippen molar-refractivity contribution in [2.45, 2.75) is 6.92 Å². The number of thiazole rings is 1. The molecule has 0 unspecified atom stereocenters. The Labute approximate surface area is 139 Å². The largest absolute Gasteiger partial charge is 0.320 e. The molecule has 114 valence electrons. The van der Waals surface area contributed by atoms with Gasteiger partial charge in [-0.15, -0.1) is 11.3 Å². The molecule has 0 aliphatic carbocycles. The Morgan fingerprint density at radius 3 is 2.65 bits per heavy atom. The van der Waals surface area contributed by atoms with Crippen LogP contribution in [0.25, 0.3) is 17.2 Å². The molecule has 0 aliphatic heterocycles. The molecule has 0 radical (unpaired) electrons. The molecule has 0 fully saturated rings. The number of carbonyl (C=O) groups excluding carboxylic acids is 1. The zero-order valence-electron chi connectivity index (χ0n) is 12.7. The average Bonchev–Trinajstić information content (AvgIpc) is 3.07. The van der Waals surface area contributed by atoms with Gasteiger partial charge in [0, 0.05) is 16.8 Å². The SMILES string of the molecule is C=Cc1cnc(C(=O)Nc2cccc(-c3ccccc3)c2C)s1. The molecular weight excluding hydrogens is 304 g/mol. The number of carbonyl (C=O) groups is 1. The maximum absolute atomic E-state index is 12.3. The van der Waals surface area contributed by atoms with E-state index in [1.165, 1.54) is 11.3 Å². The first-order valence-corrected chi connectivity index (χ1v) is 8.05. The third-order valence-corrected chi connectivity index (χ3v) is 4.58. The summed E-state index contributed by atoms with van der Waals surface area (Å²) in [5.41, 5.74) is 4.07. The highest BCUT2D eigenvalue weighted by molar-refractivity contribution is 7.14. The van der Waals surface area contributed by atoms with Gasteiger partial charge in [-0.25, -0.2) is 4.98 Å². The van der Waals surface area contributed by atoms with Crippen LogP contribution in [0.15, 0.2) is 61.3 Å². The van der Waals surface area contributed by atoms with Crippen LogP contribution in [0, 0.1) is 6.92 Å². The van der Waals surface area contributed by atoms with E-state index < -0.39 is 0 Å². The summed E-state index contributed by atoms with van der Waals surface area (Å²) < 4.78 is 0. The van der Waals surface area contributed by atoms with E-state index in [9.17, 15) is 4.79 Å². The zero-order valence-corrected chi connectivity index (χ0v) is 13.6. The molecule has 2 aromatic carbocycles. The summed E-state index contributed by atoms with van der Waals surface area (Å²) in [5, 5.41) is 3.38. The van der Waals surface area contributed by atoms with Crippen LogP contribution in [0.3, 0.4) is 0 Å². The van der Waals surface area contributed by atoms with Gasteiger partial charge in [-0.05, 0) is 29.7 Å². The van der Waals surface area contributed by atoms with Gasteiger partial charge >= 0.3 is 0 Å². The quantitative estimate of drug-likeness (QED) is 0.734. The Morgan fingerprint density at radius 1 is 1.17 bits per heavy atom. The van der Waals surface area contributed by atoms with Gasteiger partial charge < -0.3 is 5.32 Å². The second-order valence-electron chi connectivity index (χ2n) is 5.07. The number of amides is 1. The van der Waals surface area contributed by atoms with Crippen LogP contribution in [0.5, 0.6) is 0 Å². The number of aromatic nitrogens is 1. The van der Waals surface area contributed by atoms with Gasteiger partial charge in [0.15, 0.2) is 5.01 Å². The lowest BCUT2D eigenvalue weighted by atomic mass is 9.99. The summed E-state index contributed by atoms with van der Waals surface area (Å²) in [6, 6.07) is 16.0. The number of anilines is 1. The van der Waals surface area contributed by atoms with Gasteiger partial charge in [0.25, 0.3) is 5.91 Å². The molecule has 0 bridgehead atoms. The molecule has 0 aliphatic rings. The molecule has 0 saturated carbocycles. The normalized spacial score (nSPS) is 10.3. The van der Waals surface area contributed by atoms with E-state index in [2.05, 4.69) is 35.1 Å². The van der Waals surface area contributed by atoms with Crippen LogP contribution >= 0.6 is 11.3 Å². The first-order valence-electron chi connectivity index (χ1n) is 7.23. The Kier molecular flexibility index (Phi) is 4.35. The maximum atomic E-state index is 12.3. The van der Waals surface area contributed by atoms with Crippen molar-refractivity contribution >= 4 is 29.0 Å². The monoisotopic (exact) mass is 320 g/mol. The van der Waals surface area contributed by atoms with Gasteiger partial charge in [-0.1, -0.05) is 55.1 Å². The first-order chi connectivity index (χ1) is 11.2. The minimum Gasteiger partial charge on any atom is -0.320 e. The van der Waals surface area contributed by atoms with E-state index >= 15 is 0 Å². The number of nitrogens with one attached hydrogen (secondary N) is 1. The molecule has 0 spiro atoms. The Bertz CT molecular complexity index is 853. The Balaban J connectivity index is 1.89. The van der Waals surface area contributed by atoms with Crippen molar-refractivity contribution < 1.29 is 4.79 Å². The van der Waals surface area contributed by atoms with Crippen molar-refractivity contribution in [3.63, 3.8) is 0 Å². The summed E-state index contributed by atoms with van der Waals surface area (Å²) in [7, 11) is 0. The van der Waals surface area contributed by atoms with Crippen LogP contribution in [-0.2, 0) is 0 Å². The molecular formula is C19H16N2OS. The van der Waals surface area contributed by atoms with Crippen molar-refractivity contribution in [1.29, 1.82) is 0 Å². The highest BCUT2D eigenvalue weighted by atomic mass is 32.1. The van der Waals surface area contributed by atoms with Gasteiger partial charge in [-0.2, -0.15) is 0 Å². The third kappa shape index (κ3) is 3.22. The highest BCUT2D eigenvalue weighted by Crippen LogP contribution is 2.28. The van der Waals surface area contributed by atoms with E-state index in [0.29, 0.717) is 5.01 Å². The highest BCUT2D eigenvalue weighted by Gasteiger charge is 2.13. The molecule has 23 heavy (non-hydrogen) atoms. The van der Waals surface area contributed by atoms with Crippen molar-refractivity contribution in [3.05, 3.63) is 76.8 Å². The van der Waals surface area contributed by atoms with Gasteiger partial charge in [0.2, 0.25) is 0 Å². The molecule has 1 heterocycles. The van der Waals surface area contributed by atoms with E-state index in [0.717, 1.165) is 27.3 Å². The van der Waals surface area contributed by atoms with Crippen LogP contribution in [0.4, 0.5) is 5.69 Å². The minimum atomic E-state index is -0.198. The predicted molar refractivity (Wildman–Crippen MR) is 96.8 cm³/mol. The smallest absolute Gasteiger partial charge is 0.284 e. The van der Waals surface area contributed by atoms with Crippen LogP contribution in [0.2, 0.25) is 0 Å². The van der Waals surface area contributed by atoms with E-state index in [1.807, 2.05) is 37.3 Å². The Morgan fingerprint density at radius 2 is 1.96 bits per heavy atom. The molecule has 1 amide bonds. The fourth-order valence-corrected chi connectivity index (χ4v) is 3.02. The molecule has 1 N–H and O–H groups in total. The Hall–Kier alpha value is -2.72. The molecule has 3 aromatic rings. The second-order valence-corrected chi connectivity index (χ2v) is 6.13. The van der Waals surface area contributed by atoms with Crippen molar-refractivity contribution in [2.75, 3.05) is 5.32 Å². The number of benzene rings is 2. The molecule has 1 aromatic heterocycles. The molecule has 0 atom stereocenters. The lowest BCUT2D eigenvalue weighted by Crippen LogP contribution is -2.12. The maximum Gasteiger partial charge on any atom is 0.284 e. The lowest BCUT2D eigenvalue weighted by Gasteiger charge is -2.12. The number of hydrogen-bond donors (Lipinski definition) is 1. The fourth-order valence-electron chi connectivity index (χ4n) is 2.36. The van der Waals surface area contributed by atoms with Crippen LogP contribution in [0.1, 0.15) is 20.2 Å². The third-order valence-electron chi connectivity index (χ3n) is 3.59. The second kappa shape index (κ2) is 6.58. The molecule has 3 nitrogen and oxygen atoms in total. The summed E-state index contributed by atoms with van der Waals surface area (Å²) >= 11 is 1.33. The van der Waals surface area contributed by atoms with Crippen molar-refractivity contribution in [3.8, 4) is 11.1 Å². The number of hydrogen-bond acceptors (Lipinski definition) is 3. The summed E-state index contributed by atoms with van der Waals surface area (Å²) in [5.74, 6) is -0.198. The van der Waals surface area contributed by atoms with Crippen molar-refractivity contribution in [2.24, 2.45) is 0 Å². The van der Waals surface area contributed by atoms with Gasteiger partial charge in [0.05, 0.1) is 0 Å². The summed E-state index contributed by atoms with van der Waals surface area (Å²) in [6.45, 7) is 5.69. The minimum absolute atomic E-state index is 0.198. The average molecular weight is 320 g/mol. The standard InChI is InChI=1S/C19H16N2OS/c1-3-15-12-20-19(23-15)18(22)21-17-11-7-10-16(13(17)2)14-8-5-4-6-9-14/h3-12H,1H2,2H3,(H,21,22). The number of rotatable bonds is 4. The topological polar surface area (TPSA) is 42.0 Å².